The van der Waals surface area contributed by atoms with Crippen LogP contribution in [0, 0.1) is 0 Å². The Morgan fingerprint density at radius 2 is 1.75 bits per heavy atom. The summed E-state index contributed by atoms with van der Waals surface area (Å²) in [7, 11) is 1.71. The molecule has 0 fully saturated rings. The lowest BCUT2D eigenvalue weighted by molar-refractivity contribution is 0.0737. The third kappa shape index (κ3) is 2.90. The maximum absolute atomic E-state index is 12.9. The molecule has 0 radical (unpaired) electrons. The molecular weight excluding hydrogens is 326 g/mol. The zero-order valence-corrected chi connectivity index (χ0v) is 14.0. The van der Waals surface area contributed by atoms with Gasteiger partial charge in [0.1, 0.15) is 0 Å². The SMILES string of the molecule is CC(c1ccc(Cl)cc1)N(C)C(=O)c1n[nH]c(=O)c2ccccc12. The van der Waals surface area contributed by atoms with Gasteiger partial charge < -0.3 is 4.90 Å². The number of nitrogens with one attached hydrogen (secondary N) is 1. The van der Waals surface area contributed by atoms with Crippen LogP contribution in [0.2, 0.25) is 5.02 Å². The van der Waals surface area contributed by atoms with Crippen LogP contribution in [0.3, 0.4) is 0 Å². The van der Waals surface area contributed by atoms with Gasteiger partial charge in [0, 0.05) is 17.5 Å². The maximum Gasteiger partial charge on any atom is 0.275 e. The first-order chi connectivity index (χ1) is 11.5. The number of amides is 1. The van der Waals surface area contributed by atoms with Gasteiger partial charge in [-0.1, -0.05) is 41.9 Å². The summed E-state index contributed by atoms with van der Waals surface area (Å²) in [5, 5.41) is 8.00. The number of benzene rings is 2. The van der Waals surface area contributed by atoms with Crippen LogP contribution in [0.25, 0.3) is 10.8 Å². The van der Waals surface area contributed by atoms with E-state index < -0.39 is 0 Å². The van der Waals surface area contributed by atoms with Crippen molar-refractivity contribution in [3.05, 3.63) is 75.2 Å². The molecule has 0 aliphatic rings. The van der Waals surface area contributed by atoms with Crippen LogP contribution in [0.4, 0.5) is 0 Å². The highest BCUT2D eigenvalue weighted by molar-refractivity contribution is 6.30. The number of carbonyl (C=O) groups is 1. The zero-order valence-electron chi connectivity index (χ0n) is 13.3. The average molecular weight is 342 g/mol. The Kier molecular flexibility index (Phi) is 4.36. The first-order valence-electron chi connectivity index (χ1n) is 7.49. The Hall–Kier alpha value is -2.66. The van der Waals surface area contributed by atoms with Crippen LogP contribution < -0.4 is 5.56 Å². The number of carbonyl (C=O) groups excluding carboxylic acids is 1. The normalized spacial score (nSPS) is 12.1. The van der Waals surface area contributed by atoms with Gasteiger partial charge >= 0.3 is 0 Å². The molecule has 0 saturated heterocycles. The summed E-state index contributed by atoms with van der Waals surface area (Å²) < 4.78 is 0. The van der Waals surface area contributed by atoms with Crippen molar-refractivity contribution >= 4 is 28.3 Å². The van der Waals surface area contributed by atoms with Crippen molar-refractivity contribution in [3.8, 4) is 0 Å². The number of rotatable bonds is 3. The monoisotopic (exact) mass is 341 g/mol. The van der Waals surface area contributed by atoms with Gasteiger partial charge in [0.25, 0.3) is 11.5 Å². The molecule has 0 aliphatic carbocycles. The summed E-state index contributed by atoms with van der Waals surface area (Å²) in [6.45, 7) is 1.93. The predicted molar refractivity (Wildman–Crippen MR) is 94.3 cm³/mol. The fourth-order valence-electron chi connectivity index (χ4n) is 2.59. The minimum Gasteiger partial charge on any atom is -0.334 e. The lowest BCUT2D eigenvalue weighted by atomic mass is 10.1. The topological polar surface area (TPSA) is 66.1 Å². The summed E-state index contributed by atoms with van der Waals surface area (Å²) in [5.41, 5.74) is 0.882. The van der Waals surface area contributed by atoms with Crippen LogP contribution in [-0.2, 0) is 0 Å². The molecule has 1 atom stereocenters. The molecule has 2 aromatic carbocycles. The second-order valence-corrected chi connectivity index (χ2v) is 6.03. The lowest BCUT2D eigenvalue weighted by Gasteiger charge is -2.25. The average Bonchev–Trinajstić information content (AvgIpc) is 2.61. The summed E-state index contributed by atoms with van der Waals surface area (Å²) >= 11 is 5.91. The number of hydrogen-bond donors (Lipinski definition) is 1. The molecule has 122 valence electrons. The predicted octanol–water partition coefficient (Wildman–Crippen LogP) is 3.41. The molecule has 24 heavy (non-hydrogen) atoms. The van der Waals surface area contributed by atoms with Gasteiger partial charge in [-0.2, -0.15) is 5.10 Å². The van der Waals surface area contributed by atoms with Gasteiger partial charge in [0.05, 0.1) is 11.4 Å². The smallest absolute Gasteiger partial charge is 0.275 e. The standard InChI is InChI=1S/C18H16ClN3O2/c1-11(12-7-9-13(19)10-8-12)22(2)18(24)16-14-5-3-4-6-15(14)17(23)21-20-16/h3-11H,1-2H3,(H,21,23). The number of nitrogens with zero attached hydrogens (tertiary/aromatic N) is 2. The van der Waals surface area contributed by atoms with E-state index in [0.29, 0.717) is 15.8 Å². The van der Waals surface area contributed by atoms with E-state index in [0.717, 1.165) is 5.56 Å². The van der Waals surface area contributed by atoms with Crippen LogP contribution in [-0.4, -0.2) is 28.1 Å². The van der Waals surface area contributed by atoms with Crippen molar-refractivity contribution in [2.24, 2.45) is 0 Å². The third-order valence-electron chi connectivity index (χ3n) is 4.15. The second kappa shape index (κ2) is 6.45. The first-order valence-corrected chi connectivity index (χ1v) is 7.87. The van der Waals surface area contributed by atoms with Crippen molar-refractivity contribution in [1.82, 2.24) is 15.1 Å². The van der Waals surface area contributed by atoms with E-state index in [1.807, 2.05) is 19.1 Å². The number of aromatic nitrogens is 2. The first kappa shape index (κ1) is 16.2. The van der Waals surface area contributed by atoms with Crippen molar-refractivity contribution in [3.63, 3.8) is 0 Å². The highest BCUT2D eigenvalue weighted by Crippen LogP contribution is 2.23. The van der Waals surface area contributed by atoms with E-state index in [4.69, 9.17) is 11.6 Å². The molecule has 3 aromatic rings. The van der Waals surface area contributed by atoms with Crippen molar-refractivity contribution in [1.29, 1.82) is 0 Å². The van der Waals surface area contributed by atoms with Gasteiger partial charge in [-0.05, 0) is 30.7 Å². The summed E-state index contributed by atoms with van der Waals surface area (Å²) in [4.78, 5) is 26.3. The van der Waals surface area contributed by atoms with Gasteiger partial charge in [-0.15, -0.1) is 0 Å². The van der Waals surface area contributed by atoms with Crippen molar-refractivity contribution in [2.45, 2.75) is 13.0 Å². The molecule has 0 spiro atoms. The fourth-order valence-corrected chi connectivity index (χ4v) is 2.71. The van der Waals surface area contributed by atoms with Crippen molar-refractivity contribution < 1.29 is 4.79 Å². The minimum absolute atomic E-state index is 0.165. The van der Waals surface area contributed by atoms with E-state index in [1.54, 1.807) is 48.3 Å². The second-order valence-electron chi connectivity index (χ2n) is 5.59. The number of aromatic amines is 1. The van der Waals surface area contributed by atoms with Crippen LogP contribution >= 0.6 is 11.6 Å². The maximum atomic E-state index is 12.9. The zero-order chi connectivity index (χ0) is 17.3. The Bertz CT molecular complexity index is 950. The van der Waals surface area contributed by atoms with Gasteiger partial charge in [0.15, 0.2) is 5.69 Å². The molecule has 6 heteroatoms. The van der Waals surface area contributed by atoms with E-state index in [1.165, 1.54) is 0 Å². The summed E-state index contributed by atoms with van der Waals surface area (Å²) in [6, 6.07) is 14.1. The lowest BCUT2D eigenvalue weighted by Crippen LogP contribution is -2.31. The molecular formula is C18H16ClN3O2. The van der Waals surface area contributed by atoms with Crippen LogP contribution in [0.5, 0.6) is 0 Å². The Morgan fingerprint density at radius 3 is 2.42 bits per heavy atom. The number of fused-ring (bicyclic) bond motifs is 1. The number of H-pyrrole nitrogens is 1. The highest BCUT2D eigenvalue weighted by atomic mass is 35.5. The molecule has 1 amide bonds. The van der Waals surface area contributed by atoms with Gasteiger partial charge in [0.2, 0.25) is 0 Å². The summed E-state index contributed by atoms with van der Waals surface area (Å²) in [5.74, 6) is -0.259. The third-order valence-corrected chi connectivity index (χ3v) is 4.40. The number of hydrogen-bond acceptors (Lipinski definition) is 3. The highest BCUT2D eigenvalue weighted by Gasteiger charge is 2.22. The van der Waals surface area contributed by atoms with Gasteiger partial charge in [-0.3, -0.25) is 9.59 Å². The molecule has 0 bridgehead atoms. The van der Waals surface area contributed by atoms with E-state index in [9.17, 15) is 9.59 Å². The minimum atomic E-state index is -0.310. The number of halogens is 1. The fraction of sp³-hybridized carbons (Fsp3) is 0.167. The molecule has 0 saturated carbocycles. The Labute approximate surface area is 143 Å². The quantitative estimate of drug-likeness (QED) is 0.794. The van der Waals surface area contributed by atoms with E-state index >= 15 is 0 Å². The Morgan fingerprint density at radius 1 is 1.12 bits per heavy atom. The molecule has 3 rings (SSSR count). The summed E-state index contributed by atoms with van der Waals surface area (Å²) in [6.07, 6.45) is 0. The molecule has 0 aliphatic heterocycles. The largest absolute Gasteiger partial charge is 0.334 e. The molecule has 1 N–H and O–H groups in total. The van der Waals surface area contributed by atoms with Crippen molar-refractivity contribution in [2.75, 3.05) is 7.05 Å². The Balaban J connectivity index is 1.98. The van der Waals surface area contributed by atoms with Crippen LogP contribution in [0.15, 0.2) is 53.3 Å². The molecule has 5 nitrogen and oxygen atoms in total. The molecule has 1 unspecified atom stereocenters. The van der Waals surface area contributed by atoms with E-state index in [-0.39, 0.29) is 23.2 Å². The van der Waals surface area contributed by atoms with Gasteiger partial charge in [-0.25, -0.2) is 5.10 Å². The molecule has 1 heterocycles. The van der Waals surface area contributed by atoms with Crippen LogP contribution in [0.1, 0.15) is 29.0 Å². The molecule has 1 aromatic heterocycles. The van der Waals surface area contributed by atoms with E-state index in [2.05, 4.69) is 10.2 Å².